The standard InChI is InChI=1S/C13H15BrN2O3/c1-8-12-6-15(16(8)7-19-12)13(17)9-3-4-10(14)11(5-9)18-2/h3-5,8,12H,6-7H2,1-2H3. The van der Waals surface area contributed by atoms with E-state index in [0.717, 1.165) is 4.47 Å². The fourth-order valence-corrected chi connectivity index (χ4v) is 2.94. The lowest BCUT2D eigenvalue weighted by Gasteiger charge is -2.29. The second kappa shape index (κ2) is 4.77. The molecule has 2 aliphatic rings. The van der Waals surface area contributed by atoms with Crippen LogP contribution in [-0.2, 0) is 4.74 Å². The summed E-state index contributed by atoms with van der Waals surface area (Å²) < 4.78 is 11.6. The Balaban J connectivity index is 1.85. The van der Waals surface area contributed by atoms with Gasteiger partial charge in [0, 0.05) is 5.56 Å². The Labute approximate surface area is 120 Å². The Kier molecular flexibility index (Phi) is 3.24. The van der Waals surface area contributed by atoms with E-state index in [0.29, 0.717) is 24.6 Å². The van der Waals surface area contributed by atoms with Crippen molar-refractivity contribution in [3.05, 3.63) is 28.2 Å². The third kappa shape index (κ3) is 2.04. The first-order valence-electron chi connectivity index (χ1n) is 6.15. The Hall–Kier alpha value is -1.11. The van der Waals surface area contributed by atoms with Gasteiger partial charge < -0.3 is 9.47 Å². The summed E-state index contributed by atoms with van der Waals surface area (Å²) in [5.74, 6) is 0.651. The molecule has 2 bridgehead atoms. The summed E-state index contributed by atoms with van der Waals surface area (Å²) in [5, 5.41) is 3.74. The van der Waals surface area contributed by atoms with E-state index in [1.54, 1.807) is 24.3 Å². The van der Waals surface area contributed by atoms with Crippen LogP contribution >= 0.6 is 15.9 Å². The maximum absolute atomic E-state index is 12.5. The van der Waals surface area contributed by atoms with E-state index >= 15 is 0 Å². The molecule has 6 heteroatoms. The average Bonchev–Trinajstić information content (AvgIpc) is 2.94. The number of hydrogen-bond donors (Lipinski definition) is 0. The zero-order valence-electron chi connectivity index (χ0n) is 10.8. The fourth-order valence-electron chi connectivity index (χ4n) is 2.53. The van der Waals surface area contributed by atoms with Gasteiger partial charge in [-0.25, -0.2) is 0 Å². The van der Waals surface area contributed by atoms with Crippen molar-refractivity contribution >= 4 is 21.8 Å². The first-order chi connectivity index (χ1) is 9.11. The molecule has 19 heavy (non-hydrogen) atoms. The van der Waals surface area contributed by atoms with E-state index in [9.17, 15) is 4.79 Å². The first kappa shape index (κ1) is 12.9. The highest BCUT2D eigenvalue weighted by molar-refractivity contribution is 9.10. The van der Waals surface area contributed by atoms with Crippen molar-refractivity contribution in [2.24, 2.45) is 0 Å². The largest absolute Gasteiger partial charge is 0.496 e. The molecule has 1 aromatic carbocycles. The summed E-state index contributed by atoms with van der Waals surface area (Å²) in [6.45, 7) is 3.19. The van der Waals surface area contributed by atoms with Crippen LogP contribution in [0.1, 0.15) is 17.3 Å². The summed E-state index contributed by atoms with van der Waals surface area (Å²) in [7, 11) is 1.59. The zero-order chi connectivity index (χ0) is 13.6. The zero-order valence-corrected chi connectivity index (χ0v) is 12.4. The van der Waals surface area contributed by atoms with Crippen molar-refractivity contribution in [3.8, 4) is 5.75 Å². The van der Waals surface area contributed by atoms with Gasteiger partial charge in [0.25, 0.3) is 5.91 Å². The number of rotatable bonds is 2. The third-order valence-corrected chi connectivity index (χ3v) is 4.38. The number of nitrogens with zero attached hydrogens (tertiary/aromatic N) is 2. The Bertz CT molecular complexity index is 523. The van der Waals surface area contributed by atoms with Gasteiger partial charge in [0.2, 0.25) is 0 Å². The minimum Gasteiger partial charge on any atom is -0.496 e. The van der Waals surface area contributed by atoms with Crippen LogP contribution in [0.5, 0.6) is 5.75 Å². The molecule has 102 valence electrons. The van der Waals surface area contributed by atoms with Crippen LogP contribution in [0.25, 0.3) is 0 Å². The quantitative estimate of drug-likeness (QED) is 0.832. The number of hydrazine groups is 1. The van der Waals surface area contributed by atoms with Gasteiger partial charge in [0.05, 0.1) is 30.3 Å². The van der Waals surface area contributed by atoms with Crippen LogP contribution in [0.15, 0.2) is 22.7 Å². The number of amides is 1. The molecule has 0 spiro atoms. The summed E-state index contributed by atoms with van der Waals surface area (Å²) in [6.07, 6.45) is 0.126. The molecule has 2 aliphatic heterocycles. The number of fused-ring (bicyclic) bond motifs is 2. The van der Waals surface area contributed by atoms with Gasteiger partial charge in [-0.05, 0) is 41.1 Å². The summed E-state index contributed by atoms with van der Waals surface area (Å²) >= 11 is 3.39. The van der Waals surface area contributed by atoms with Gasteiger partial charge in [0.15, 0.2) is 0 Å². The second-order valence-corrected chi connectivity index (χ2v) is 5.61. The van der Waals surface area contributed by atoms with Crippen LogP contribution in [0.4, 0.5) is 0 Å². The SMILES string of the molecule is COc1cc(C(=O)N2CC3OCN2C3C)ccc1Br. The minimum absolute atomic E-state index is 0.0107. The molecule has 1 amide bonds. The molecular weight excluding hydrogens is 312 g/mol. The molecule has 2 saturated heterocycles. The molecule has 2 fully saturated rings. The molecule has 2 heterocycles. The molecule has 3 rings (SSSR count). The predicted molar refractivity (Wildman–Crippen MR) is 72.8 cm³/mol. The lowest BCUT2D eigenvalue weighted by molar-refractivity contribution is -0.0648. The predicted octanol–water partition coefficient (Wildman–Crippen LogP) is 1.88. The first-order valence-corrected chi connectivity index (χ1v) is 6.94. The molecular formula is C13H15BrN2O3. The van der Waals surface area contributed by atoms with Crippen molar-refractivity contribution in [2.45, 2.75) is 19.1 Å². The highest BCUT2D eigenvalue weighted by atomic mass is 79.9. The van der Waals surface area contributed by atoms with Gasteiger partial charge in [-0.15, -0.1) is 0 Å². The van der Waals surface area contributed by atoms with Crippen molar-refractivity contribution < 1.29 is 14.3 Å². The third-order valence-electron chi connectivity index (χ3n) is 3.72. The molecule has 0 aromatic heterocycles. The highest BCUT2D eigenvalue weighted by Gasteiger charge is 2.46. The number of ether oxygens (including phenoxy) is 2. The molecule has 0 N–H and O–H groups in total. The van der Waals surface area contributed by atoms with Crippen molar-refractivity contribution in [1.82, 2.24) is 10.0 Å². The van der Waals surface area contributed by atoms with Crippen LogP contribution in [-0.4, -0.2) is 48.5 Å². The topological polar surface area (TPSA) is 42.0 Å². The van der Waals surface area contributed by atoms with Gasteiger partial charge >= 0.3 is 0 Å². The summed E-state index contributed by atoms with van der Waals surface area (Å²) in [5.41, 5.74) is 0.625. The highest BCUT2D eigenvalue weighted by Crippen LogP contribution is 2.31. The Morgan fingerprint density at radius 1 is 1.53 bits per heavy atom. The molecule has 0 aliphatic carbocycles. The van der Waals surface area contributed by atoms with Crippen LogP contribution in [0.2, 0.25) is 0 Å². The maximum Gasteiger partial charge on any atom is 0.268 e. The lowest BCUT2D eigenvalue weighted by atomic mass is 10.2. The van der Waals surface area contributed by atoms with E-state index in [1.807, 2.05) is 11.1 Å². The number of methoxy groups -OCH3 is 1. The van der Waals surface area contributed by atoms with Gasteiger partial charge in [-0.3, -0.25) is 9.80 Å². The van der Waals surface area contributed by atoms with E-state index in [2.05, 4.69) is 22.9 Å². The maximum atomic E-state index is 12.5. The van der Waals surface area contributed by atoms with Crippen LogP contribution < -0.4 is 4.74 Å². The normalized spacial score (nSPS) is 28.8. The van der Waals surface area contributed by atoms with Gasteiger partial charge in [-0.1, -0.05) is 0 Å². The molecule has 1 aromatic rings. The number of benzene rings is 1. The fraction of sp³-hybridized carbons (Fsp3) is 0.462. The number of halogens is 1. The molecule has 5 nitrogen and oxygen atoms in total. The van der Waals surface area contributed by atoms with E-state index < -0.39 is 0 Å². The Morgan fingerprint density at radius 2 is 2.32 bits per heavy atom. The van der Waals surface area contributed by atoms with E-state index in [-0.39, 0.29) is 18.1 Å². The Morgan fingerprint density at radius 3 is 2.89 bits per heavy atom. The molecule has 3 unspecified atom stereocenters. The lowest BCUT2D eigenvalue weighted by Crippen LogP contribution is -2.44. The molecule has 3 atom stereocenters. The number of hydrogen-bond acceptors (Lipinski definition) is 4. The molecule has 0 saturated carbocycles. The van der Waals surface area contributed by atoms with Crippen molar-refractivity contribution in [3.63, 3.8) is 0 Å². The van der Waals surface area contributed by atoms with Crippen LogP contribution in [0, 0.1) is 0 Å². The molecule has 0 radical (unpaired) electrons. The average molecular weight is 327 g/mol. The van der Waals surface area contributed by atoms with Crippen LogP contribution in [0.3, 0.4) is 0 Å². The van der Waals surface area contributed by atoms with Gasteiger partial charge in [0.1, 0.15) is 12.5 Å². The number of carbonyl (C=O) groups is 1. The minimum atomic E-state index is -0.0107. The summed E-state index contributed by atoms with van der Waals surface area (Å²) in [6, 6.07) is 5.65. The smallest absolute Gasteiger partial charge is 0.268 e. The number of carbonyl (C=O) groups excluding carboxylic acids is 1. The summed E-state index contributed by atoms with van der Waals surface area (Å²) in [4.78, 5) is 12.5. The van der Waals surface area contributed by atoms with E-state index in [1.165, 1.54) is 0 Å². The van der Waals surface area contributed by atoms with Crippen molar-refractivity contribution in [1.29, 1.82) is 0 Å². The second-order valence-electron chi connectivity index (χ2n) is 4.75. The van der Waals surface area contributed by atoms with E-state index in [4.69, 9.17) is 9.47 Å². The monoisotopic (exact) mass is 326 g/mol. The van der Waals surface area contributed by atoms with Crippen molar-refractivity contribution in [2.75, 3.05) is 20.4 Å². The van der Waals surface area contributed by atoms with Gasteiger partial charge in [-0.2, -0.15) is 5.01 Å².